The maximum atomic E-state index is 5.51. The fourth-order valence-electron chi connectivity index (χ4n) is 1.87. The molecule has 2 atom stereocenters. The first kappa shape index (κ1) is 12.1. The molecule has 1 aromatic heterocycles. The van der Waals surface area contributed by atoms with Gasteiger partial charge in [-0.2, -0.15) is 4.98 Å². The van der Waals surface area contributed by atoms with E-state index in [1.165, 1.54) is 0 Å². The lowest BCUT2D eigenvalue weighted by Crippen LogP contribution is -2.27. The predicted molar refractivity (Wildman–Crippen MR) is 68.3 cm³/mol. The fourth-order valence-corrected chi connectivity index (χ4v) is 1.87. The molecule has 0 amide bonds. The van der Waals surface area contributed by atoms with Crippen LogP contribution in [0.2, 0.25) is 0 Å². The van der Waals surface area contributed by atoms with E-state index in [2.05, 4.69) is 34.4 Å². The summed E-state index contributed by atoms with van der Waals surface area (Å²) in [7, 11) is 0. The molecule has 0 aliphatic carbocycles. The van der Waals surface area contributed by atoms with Gasteiger partial charge in [0.15, 0.2) is 0 Å². The van der Waals surface area contributed by atoms with E-state index in [1.807, 2.05) is 6.07 Å². The number of nitrogens with one attached hydrogen (secondary N) is 2. The van der Waals surface area contributed by atoms with Gasteiger partial charge in [-0.15, -0.1) is 0 Å². The van der Waals surface area contributed by atoms with Crippen molar-refractivity contribution in [2.45, 2.75) is 38.8 Å². The molecule has 2 rings (SSSR count). The number of aromatic nitrogens is 2. The van der Waals surface area contributed by atoms with Crippen LogP contribution in [0.1, 0.15) is 26.7 Å². The first-order valence-electron chi connectivity index (χ1n) is 6.24. The van der Waals surface area contributed by atoms with Gasteiger partial charge in [0.05, 0.1) is 12.1 Å². The molecule has 17 heavy (non-hydrogen) atoms. The minimum Gasteiger partial charge on any atom is -0.376 e. The van der Waals surface area contributed by atoms with Crippen LogP contribution in [-0.4, -0.2) is 35.3 Å². The third-order valence-electron chi connectivity index (χ3n) is 2.90. The standard InChI is InChI=1S/C12H20N4O/c1-3-6-13-12-14-7-4-11(16-12)15-10-5-8-17-9(10)2/h4,7,9-10H,3,5-6,8H2,1-2H3,(H2,13,14,15,16). The minimum atomic E-state index is 0.247. The topological polar surface area (TPSA) is 59.1 Å². The van der Waals surface area contributed by atoms with Crippen LogP contribution in [0.4, 0.5) is 11.8 Å². The van der Waals surface area contributed by atoms with Crippen LogP contribution in [0, 0.1) is 0 Å². The highest BCUT2D eigenvalue weighted by molar-refractivity contribution is 5.40. The van der Waals surface area contributed by atoms with Gasteiger partial charge < -0.3 is 15.4 Å². The summed E-state index contributed by atoms with van der Waals surface area (Å²) >= 11 is 0. The van der Waals surface area contributed by atoms with Crippen molar-refractivity contribution in [2.75, 3.05) is 23.8 Å². The van der Waals surface area contributed by atoms with Crippen molar-refractivity contribution in [3.8, 4) is 0 Å². The van der Waals surface area contributed by atoms with Crippen LogP contribution in [0.3, 0.4) is 0 Å². The highest BCUT2D eigenvalue weighted by Gasteiger charge is 2.24. The summed E-state index contributed by atoms with van der Waals surface area (Å²) in [5.41, 5.74) is 0. The van der Waals surface area contributed by atoms with E-state index in [9.17, 15) is 0 Å². The van der Waals surface area contributed by atoms with E-state index in [4.69, 9.17) is 4.74 Å². The van der Waals surface area contributed by atoms with Crippen molar-refractivity contribution in [3.05, 3.63) is 12.3 Å². The summed E-state index contributed by atoms with van der Waals surface area (Å²) in [5.74, 6) is 1.55. The summed E-state index contributed by atoms with van der Waals surface area (Å²) in [6.07, 6.45) is 4.11. The minimum absolute atomic E-state index is 0.247. The Bertz CT molecular complexity index is 358. The molecule has 94 valence electrons. The zero-order valence-corrected chi connectivity index (χ0v) is 10.4. The van der Waals surface area contributed by atoms with Crippen LogP contribution >= 0.6 is 0 Å². The van der Waals surface area contributed by atoms with Gasteiger partial charge in [-0.1, -0.05) is 6.92 Å². The maximum Gasteiger partial charge on any atom is 0.224 e. The molecule has 0 radical (unpaired) electrons. The molecule has 2 unspecified atom stereocenters. The fraction of sp³-hybridized carbons (Fsp3) is 0.667. The molecule has 1 saturated heterocycles. The molecule has 0 aromatic carbocycles. The molecular weight excluding hydrogens is 216 g/mol. The number of rotatable bonds is 5. The lowest BCUT2D eigenvalue weighted by atomic mass is 10.1. The van der Waals surface area contributed by atoms with Gasteiger partial charge in [0.2, 0.25) is 5.95 Å². The van der Waals surface area contributed by atoms with Crippen molar-refractivity contribution in [3.63, 3.8) is 0 Å². The van der Waals surface area contributed by atoms with E-state index in [1.54, 1.807) is 6.20 Å². The van der Waals surface area contributed by atoms with Crippen LogP contribution in [-0.2, 0) is 4.74 Å². The summed E-state index contributed by atoms with van der Waals surface area (Å²) < 4.78 is 5.51. The van der Waals surface area contributed by atoms with Gasteiger partial charge in [-0.05, 0) is 25.8 Å². The van der Waals surface area contributed by atoms with Crippen molar-refractivity contribution in [2.24, 2.45) is 0 Å². The Labute approximate surface area is 102 Å². The first-order chi connectivity index (χ1) is 8.29. The SMILES string of the molecule is CCCNc1nccc(NC2CCOC2C)n1. The molecule has 1 aromatic rings. The summed E-state index contributed by atoms with van der Waals surface area (Å²) in [4.78, 5) is 8.60. The summed E-state index contributed by atoms with van der Waals surface area (Å²) in [6.45, 7) is 5.92. The van der Waals surface area contributed by atoms with Crippen molar-refractivity contribution >= 4 is 11.8 Å². The molecule has 5 heteroatoms. The second-order valence-electron chi connectivity index (χ2n) is 4.31. The Morgan fingerprint density at radius 3 is 3.12 bits per heavy atom. The molecule has 1 aliphatic heterocycles. The highest BCUT2D eigenvalue weighted by atomic mass is 16.5. The molecule has 0 spiro atoms. The lowest BCUT2D eigenvalue weighted by Gasteiger charge is -2.16. The maximum absolute atomic E-state index is 5.51. The number of hydrogen-bond acceptors (Lipinski definition) is 5. The smallest absolute Gasteiger partial charge is 0.224 e. The zero-order valence-electron chi connectivity index (χ0n) is 10.4. The molecule has 0 saturated carbocycles. The van der Waals surface area contributed by atoms with Gasteiger partial charge in [-0.25, -0.2) is 4.98 Å². The second kappa shape index (κ2) is 5.82. The largest absolute Gasteiger partial charge is 0.376 e. The van der Waals surface area contributed by atoms with Crippen LogP contribution in [0.25, 0.3) is 0 Å². The van der Waals surface area contributed by atoms with Crippen LogP contribution in [0.5, 0.6) is 0 Å². The van der Waals surface area contributed by atoms with Crippen molar-refractivity contribution in [1.82, 2.24) is 9.97 Å². The number of ether oxygens (including phenoxy) is 1. The van der Waals surface area contributed by atoms with Gasteiger partial charge >= 0.3 is 0 Å². The monoisotopic (exact) mass is 236 g/mol. The summed E-state index contributed by atoms with van der Waals surface area (Å²) in [6, 6.07) is 2.24. The number of hydrogen-bond donors (Lipinski definition) is 2. The van der Waals surface area contributed by atoms with E-state index in [-0.39, 0.29) is 6.10 Å². The third-order valence-corrected chi connectivity index (χ3v) is 2.90. The quantitative estimate of drug-likeness (QED) is 0.817. The number of anilines is 2. The molecule has 2 N–H and O–H groups in total. The average molecular weight is 236 g/mol. The summed E-state index contributed by atoms with van der Waals surface area (Å²) in [5, 5.41) is 6.57. The van der Waals surface area contributed by atoms with Crippen molar-refractivity contribution < 1.29 is 4.74 Å². The second-order valence-corrected chi connectivity index (χ2v) is 4.31. The normalized spacial score (nSPS) is 23.6. The lowest BCUT2D eigenvalue weighted by molar-refractivity contribution is 0.121. The molecule has 2 heterocycles. The Hall–Kier alpha value is -1.36. The molecular formula is C12H20N4O. The average Bonchev–Trinajstić information content (AvgIpc) is 2.73. The zero-order chi connectivity index (χ0) is 12.1. The Morgan fingerprint density at radius 1 is 1.53 bits per heavy atom. The van der Waals surface area contributed by atoms with E-state index in [0.717, 1.165) is 31.8 Å². The molecule has 1 aliphatic rings. The first-order valence-corrected chi connectivity index (χ1v) is 6.24. The van der Waals surface area contributed by atoms with E-state index in [0.29, 0.717) is 12.0 Å². The van der Waals surface area contributed by atoms with E-state index >= 15 is 0 Å². The van der Waals surface area contributed by atoms with Crippen molar-refractivity contribution in [1.29, 1.82) is 0 Å². The van der Waals surface area contributed by atoms with Crippen LogP contribution < -0.4 is 10.6 Å². The third kappa shape index (κ3) is 3.30. The van der Waals surface area contributed by atoms with Gasteiger partial charge in [0.25, 0.3) is 0 Å². The molecule has 1 fully saturated rings. The van der Waals surface area contributed by atoms with Gasteiger partial charge in [-0.3, -0.25) is 0 Å². The van der Waals surface area contributed by atoms with Gasteiger partial charge in [0, 0.05) is 19.3 Å². The van der Waals surface area contributed by atoms with Crippen LogP contribution in [0.15, 0.2) is 12.3 Å². The Balaban J connectivity index is 1.95. The molecule has 0 bridgehead atoms. The number of nitrogens with zero attached hydrogens (tertiary/aromatic N) is 2. The Morgan fingerprint density at radius 2 is 2.41 bits per heavy atom. The Kier molecular flexibility index (Phi) is 4.14. The molecule has 5 nitrogen and oxygen atoms in total. The predicted octanol–water partition coefficient (Wildman–Crippen LogP) is 1.89. The highest BCUT2D eigenvalue weighted by Crippen LogP contribution is 2.17. The van der Waals surface area contributed by atoms with Gasteiger partial charge in [0.1, 0.15) is 5.82 Å². The van der Waals surface area contributed by atoms with E-state index < -0.39 is 0 Å².